The van der Waals surface area contributed by atoms with E-state index < -0.39 is 17.4 Å². The predicted octanol–water partition coefficient (Wildman–Crippen LogP) is 4.67. The first-order valence-corrected chi connectivity index (χ1v) is 6.58. The molecule has 0 aliphatic carbocycles. The SMILES string of the molecule is CC(C)c1c(O)cc(C=Cc2ccccc2F)c(F)c1O. The van der Waals surface area contributed by atoms with E-state index in [2.05, 4.69) is 0 Å². The van der Waals surface area contributed by atoms with Crippen molar-refractivity contribution in [3.05, 3.63) is 58.7 Å². The zero-order valence-corrected chi connectivity index (χ0v) is 11.8. The van der Waals surface area contributed by atoms with Crippen LogP contribution in [0.3, 0.4) is 0 Å². The Kier molecular flexibility index (Phi) is 4.26. The molecule has 4 heteroatoms. The fraction of sp³-hybridized carbons (Fsp3) is 0.176. The number of phenolic OH excluding ortho intramolecular Hbond substituents is 2. The summed E-state index contributed by atoms with van der Waals surface area (Å²) in [6, 6.07) is 7.29. The molecule has 0 fully saturated rings. The van der Waals surface area contributed by atoms with Gasteiger partial charge in [0.15, 0.2) is 11.6 Å². The average Bonchev–Trinajstić information content (AvgIpc) is 2.42. The molecule has 0 radical (unpaired) electrons. The first-order chi connectivity index (χ1) is 9.91. The van der Waals surface area contributed by atoms with Crippen LogP contribution in [0.15, 0.2) is 30.3 Å². The van der Waals surface area contributed by atoms with Gasteiger partial charge in [-0.25, -0.2) is 8.78 Å². The van der Waals surface area contributed by atoms with E-state index in [0.717, 1.165) is 0 Å². The normalized spacial score (nSPS) is 11.5. The molecule has 0 heterocycles. The van der Waals surface area contributed by atoms with Gasteiger partial charge in [0.05, 0.1) is 0 Å². The van der Waals surface area contributed by atoms with Gasteiger partial charge in [0.1, 0.15) is 11.6 Å². The monoisotopic (exact) mass is 290 g/mol. The molecule has 21 heavy (non-hydrogen) atoms. The molecule has 2 aromatic rings. The summed E-state index contributed by atoms with van der Waals surface area (Å²) < 4.78 is 27.6. The number of benzene rings is 2. The summed E-state index contributed by atoms with van der Waals surface area (Å²) in [4.78, 5) is 0. The zero-order valence-electron chi connectivity index (χ0n) is 11.8. The molecule has 0 atom stereocenters. The first kappa shape index (κ1) is 15.0. The fourth-order valence-electron chi connectivity index (χ4n) is 2.14. The lowest BCUT2D eigenvalue weighted by atomic mass is 9.98. The molecule has 0 aliphatic heterocycles. The van der Waals surface area contributed by atoms with Gasteiger partial charge in [-0.3, -0.25) is 0 Å². The van der Waals surface area contributed by atoms with Gasteiger partial charge in [-0.05, 0) is 18.1 Å². The van der Waals surface area contributed by atoms with Gasteiger partial charge in [-0.2, -0.15) is 0 Å². The molecule has 0 aromatic heterocycles. The number of aromatic hydroxyl groups is 2. The van der Waals surface area contributed by atoms with Crippen molar-refractivity contribution in [2.75, 3.05) is 0 Å². The summed E-state index contributed by atoms with van der Waals surface area (Å²) in [5.74, 6) is -2.23. The minimum atomic E-state index is -0.830. The second-order valence-electron chi connectivity index (χ2n) is 5.07. The van der Waals surface area contributed by atoms with Crippen LogP contribution in [0.5, 0.6) is 11.5 Å². The molecule has 0 bridgehead atoms. The van der Waals surface area contributed by atoms with Gasteiger partial charge in [-0.1, -0.05) is 44.2 Å². The molecule has 0 amide bonds. The highest BCUT2D eigenvalue weighted by Gasteiger charge is 2.18. The van der Waals surface area contributed by atoms with E-state index in [-0.39, 0.29) is 22.8 Å². The minimum absolute atomic E-state index is 0.00217. The molecule has 2 nitrogen and oxygen atoms in total. The Balaban J connectivity index is 2.45. The van der Waals surface area contributed by atoms with E-state index in [9.17, 15) is 19.0 Å². The van der Waals surface area contributed by atoms with Crippen LogP contribution in [-0.2, 0) is 0 Å². The van der Waals surface area contributed by atoms with Crippen LogP contribution in [0.25, 0.3) is 12.2 Å². The van der Waals surface area contributed by atoms with Crippen LogP contribution in [-0.4, -0.2) is 10.2 Å². The van der Waals surface area contributed by atoms with E-state index in [1.165, 1.54) is 24.3 Å². The van der Waals surface area contributed by atoms with E-state index in [1.807, 2.05) is 0 Å². The fourth-order valence-corrected chi connectivity index (χ4v) is 2.14. The van der Waals surface area contributed by atoms with Crippen molar-refractivity contribution in [1.29, 1.82) is 0 Å². The highest BCUT2D eigenvalue weighted by Crippen LogP contribution is 2.38. The van der Waals surface area contributed by atoms with Crippen molar-refractivity contribution in [3.8, 4) is 11.5 Å². The third-order valence-electron chi connectivity index (χ3n) is 3.21. The Labute approximate surface area is 122 Å². The van der Waals surface area contributed by atoms with Crippen LogP contribution in [0.4, 0.5) is 8.78 Å². The van der Waals surface area contributed by atoms with E-state index >= 15 is 0 Å². The highest BCUT2D eigenvalue weighted by atomic mass is 19.1. The number of halogens is 2. The Morgan fingerprint density at radius 3 is 2.24 bits per heavy atom. The molecular formula is C17H16F2O2. The summed E-state index contributed by atoms with van der Waals surface area (Å²) in [7, 11) is 0. The Morgan fingerprint density at radius 2 is 1.62 bits per heavy atom. The largest absolute Gasteiger partial charge is 0.507 e. The molecule has 0 unspecified atom stereocenters. The molecule has 2 rings (SSSR count). The molecule has 0 saturated heterocycles. The maximum Gasteiger partial charge on any atom is 0.172 e. The maximum atomic E-state index is 14.1. The van der Waals surface area contributed by atoms with Crippen LogP contribution in [0, 0.1) is 11.6 Å². The molecule has 0 saturated carbocycles. The van der Waals surface area contributed by atoms with Crippen molar-refractivity contribution < 1.29 is 19.0 Å². The van der Waals surface area contributed by atoms with Crippen molar-refractivity contribution in [1.82, 2.24) is 0 Å². The van der Waals surface area contributed by atoms with Gasteiger partial charge in [0.25, 0.3) is 0 Å². The summed E-state index contributed by atoms with van der Waals surface area (Å²) >= 11 is 0. The van der Waals surface area contributed by atoms with Gasteiger partial charge in [0.2, 0.25) is 0 Å². The standard InChI is InChI=1S/C17H16F2O2/c1-10(2)15-14(20)9-12(16(19)17(15)21)8-7-11-5-3-4-6-13(11)18/h3-10,20-21H,1-2H3. The van der Waals surface area contributed by atoms with Crippen molar-refractivity contribution in [3.63, 3.8) is 0 Å². The van der Waals surface area contributed by atoms with Gasteiger partial charge < -0.3 is 10.2 Å². The number of phenols is 2. The second-order valence-corrected chi connectivity index (χ2v) is 5.07. The predicted molar refractivity (Wildman–Crippen MR) is 79.1 cm³/mol. The van der Waals surface area contributed by atoms with Crippen molar-refractivity contribution in [2.24, 2.45) is 0 Å². The van der Waals surface area contributed by atoms with Crippen LogP contribution < -0.4 is 0 Å². The van der Waals surface area contributed by atoms with E-state index in [0.29, 0.717) is 5.56 Å². The lowest BCUT2D eigenvalue weighted by Crippen LogP contribution is -1.94. The van der Waals surface area contributed by atoms with Gasteiger partial charge in [0, 0.05) is 16.7 Å². The van der Waals surface area contributed by atoms with Crippen molar-refractivity contribution >= 4 is 12.2 Å². The van der Waals surface area contributed by atoms with Crippen LogP contribution >= 0.6 is 0 Å². The summed E-state index contributed by atoms with van der Waals surface area (Å²) in [5, 5.41) is 19.7. The Hall–Kier alpha value is -2.36. The molecule has 2 N–H and O–H groups in total. The average molecular weight is 290 g/mol. The summed E-state index contributed by atoms with van der Waals surface area (Å²) in [6.45, 7) is 3.48. The molecule has 0 aliphatic rings. The summed E-state index contributed by atoms with van der Waals surface area (Å²) in [6.07, 6.45) is 2.71. The molecular weight excluding hydrogens is 274 g/mol. The lowest BCUT2D eigenvalue weighted by Gasteiger charge is -2.13. The third-order valence-corrected chi connectivity index (χ3v) is 3.21. The Morgan fingerprint density at radius 1 is 1.00 bits per heavy atom. The number of rotatable bonds is 3. The van der Waals surface area contributed by atoms with Crippen molar-refractivity contribution in [2.45, 2.75) is 19.8 Å². The molecule has 2 aromatic carbocycles. The third kappa shape index (κ3) is 3.05. The maximum absolute atomic E-state index is 14.1. The lowest BCUT2D eigenvalue weighted by molar-refractivity contribution is 0.404. The first-order valence-electron chi connectivity index (χ1n) is 6.58. The Bertz CT molecular complexity index is 691. The minimum Gasteiger partial charge on any atom is -0.507 e. The molecule has 110 valence electrons. The molecule has 0 spiro atoms. The highest BCUT2D eigenvalue weighted by molar-refractivity contribution is 5.72. The zero-order chi connectivity index (χ0) is 15.6. The van der Waals surface area contributed by atoms with Gasteiger partial charge >= 0.3 is 0 Å². The number of hydrogen-bond acceptors (Lipinski definition) is 2. The van der Waals surface area contributed by atoms with Gasteiger partial charge in [-0.15, -0.1) is 0 Å². The smallest absolute Gasteiger partial charge is 0.172 e. The quantitative estimate of drug-likeness (QED) is 0.806. The van der Waals surface area contributed by atoms with Crippen LogP contribution in [0.1, 0.15) is 36.5 Å². The topological polar surface area (TPSA) is 40.5 Å². The second kappa shape index (κ2) is 5.95. The number of hydrogen-bond donors (Lipinski definition) is 2. The van der Waals surface area contributed by atoms with E-state index in [1.54, 1.807) is 32.0 Å². The van der Waals surface area contributed by atoms with Crippen LogP contribution in [0.2, 0.25) is 0 Å². The van der Waals surface area contributed by atoms with E-state index in [4.69, 9.17) is 0 Å². The summed E-state index contributed by atoms with van der Waals surface area (Å²) in [5.41, 5.74) is 0.456.